The van der Waals surface area contributed by atoms with Crippen LogP contribution in [0.2, 0.25) is 0 Å². The first-order valence-electron chi connectivity index (χ1n) is 2.52. The van der Waals surface area contributed by atoms with Crippen LogP contribution in [0.3, 0.4) is 0 Å². The van der Waals surface area contributed by atoms with Crippen molar-refractivity contribution in [1.82, 2.24) is 5.32 Å². The molecule has 54 valence electrons. The van der Waals surface area contributed by atoms with Crippen LogP contribution in [-0.4, -0.2) is 29.1 Å². The van der Waals surface area contributed by atoms with Crippen molar-refractivity contribution in [2.75, 3.05) is 6.54 Å². The minimum Gasteiger partial charge on any atom is -0.368 e. The van der Waals surface area contributed by atoms with Gasteiger partial charge in [0.1, 0.15) is 0 Å². The summed E-state index contributed by atoms with van der Waals surface area (Å²) in [5, 5.41) is 18.7. The van der Waals surface area contributed by atoms with E-state index >= 15 is 0 Å². The van der Waals surface area contributed by atoms with E-state index in [4.69, 9.17) is 10.2 Å². The van der Waals surface area contributed by atoms with Gasteiger partial charge in [-0.15, -0.1) is 0 Å². The topological polar surface area (TPSA) is 95.6 Å². The van der Waals surface area contributed by atoms with Gasteiger partial charge >= 0.3 is 6.03 Å². The molecule has 0 unspecified atom stereocenters. The number of nitrogens with two attached hydrogens (primary N) is 1. The Bertz CT molecular complexity index is 93.8. The van der Waals surface area contributed by atoms with Crippen molar-refractivity contribution in [1.29, 1.82) is 0 Å². The molecule has 0 saturated carbocycles. The largest absolute Gasteiger partial charge is 0.368 e. The third kappa shape index (κ3) is 7.19. The van der Waals surface area contributed by atoms with Crippen molar-refractivity contribution in [3.63, 3.8) is 0 Å². The number of hydrogen-bond acceptors (Lipinski definition) is 3. The van der Waals surface area contributed by atoms with E-state index in [2.05, 4.69) is 11.1 Å². The maximum atomic E-state index is 9.93. The quantitative estimate of drug-likeness (QED) is 0.348. The number of urea groups is 1. The van der Waals surface area contributed by atoms with Crippen LogP contribution < -0.4 is 11.1 Å². The van der Waals surface area contributed by atoms with E-state index < -0.39 is 12.3 Å². The van der Waals surface area contributed by atoms with Gasteiger partial charge in [-0.05, 0) is 0 Å². The Hall–Kier alpha value is -0.810. The molecule has 0 aliphatic heterocycles. The molecule has 0 aliphatic rings. The first kappa shape index (κ1) is 8.19. The summed E-state index contributed by atoms with van der Waals surface area (Å²) >= 11 is 0. The van der Waals surface area contributed by atoms with Crippen molar-refractivity contribution in [3.8, 4) is 0 Å². The predicted molar refractivity (Wildman–Crippen MR) is 30.4 cm³/mol. The van der Waals surface area contributed by atoms with E-state index in [1.54, 1.807) is 0 Å². The average Bonchev–Trinajstić information content (AvgIpc) is 1.63. The molecule has 0 aromatic rings. The SMILES string of the molecule is NC(=O)NCCC(O)O. The smallest absolute Gasteiger partial charge is 0.312 e. The second kappa shape index (κ2) is 4.11. The molecule has 0 aromatic carbocycles. The lowest BCUT2D eigenvalue weighted by molar-refractivity contribution is -0.0438. The number of primary amides is 1. The fourth-order valence-corrected chi connectivity index (χ4v) is 0.324. The minimum absolute atomic E-state index is 0.100. The zero-order valence-corrected chi connectivity index (χ0v) is 4.87. The van der Waals surface area contributed by atoms with E-state index in [0.717, 1.165) is 0 Å². The number of nitrogens with one attached hydrogen (secondary N) is 1. The van der Waals surface area contributed by atoms with Crippen LogP contribution in [0.5, 0.6) is 0 Å². The number of hydrogen-bond donors (Lipinski definition) is 4. The van der Waals surface area contributed by atoms with E-state index in [0.29, 0.717) is 0 Å². The molecule has 0 radical (unpaired) electrons. The molecule has 5 nitrogen and oxygen atoms in total. The number of carbonyl (C=O) groups is 1. The normalized spacial score (nSPS) is 9.67. The zero-order chi connectivity index (χ0) is 7.28. The molecule has 0 atom stereocenters. The van der Waals surface area contributed by atoms with Gasteiger partial charge in [-0.3, -0.25) is 0 Å². The number of amides is 2. The van der Waals surface area contributed by atoms with Gasteiger partial charge in [0.25, 0.3) is 0 Å². The van der Waals surface area contributed by atoms with E-state index in [9.17, 15) is 4.79 Å². The van der Waals surface area contributed by atoms with Crippen molar-refractivity contribution in [2.45, 2.75) is 12.7 Å². The van der Waals surface area contributed by atoms with Crippen LogP contribution in [0.1, 0.15) is 6.42 Å². The van der Waals surface area contributed by atoms with Gasteiger partial charge in [-0.2, -0.15) is 0 Å². The minimum atomic E-state index is -1.38. The highest BCUT2D eigenvalue weighted by molar-refractivity contribution is 5.71. The van der Waals surface area contributed by atoms with Gasteiger partial charge in [0.05, 0.1) is 0 Å². The maximum Gasteiger partial charge on any atom is 0.312 e. The molecule has 0 aliphatic carbocycles. The predicted octanol–water partition coefficient (Wildman–Crippen LogP) is -1.64. The third-order valence-corrected chi connectivity index (χ3v) is 0.702. The lowest BCUT2D eigenvalue weighted by atomic mass is 10.4. The molecule has 0 fully saturated rings. The standard InChI is InChI=1S/C4H10N2O3/c5-4(9)6-2-1-3(7)8/h3,7-8H,1-2H2,(H3,5,6,9). The second-order valence-corrected chi connectivity index (χ2v) is 1.56. The Kier molecular flexibility index (Phi) is 3.74. The fourth-order valence-electron chi connectivity index (χ4n) is 0.324. The molecule has 0 spiro atoms. The van der Waals surface area contributed by atoms with E-state index in [1.165, 1.54) is 0 Å². The summed E-state index contributed by atoms with van der Waals surface area (Å²) in [7, 11) is 0. The van der Waals surface area contributed by atoms with Crippen LogP contribution in [0.25, 0.3) is 0 Å². The number of carbonyl (C=O) groups excluding carboxylic acids is 1. The van der Waals surface area contributed by atoms with Crippen LogP contribution in [-0.2, 0) is 0 Å². The Morgan fingerprint density at radius 2 is 2.22 bits per heavy atom. The summed E-state index contributed by atoms with van der Waals surface area (Å²) in [6.45, 7) is 0.188. The lowest BCUT2D eigenvalue weighted by Gasteiger charge is -2.01. The summed E-state index contributed by atoms with van der Waals surface area (Å²) < 4.78 is 0. The van der Waals surface area contributed by atoms with Crippen molar-refractivity contribution in [2.24, 2.45) is 5.73 Å². The summed E-state index contributed by atoms with van der Waals surface area (Å²) in [4.78, 5) is 9.93. The Balaban J connectivity index is 3.01. The molecule has 0 bridgehead atoms. The van der Waals surface area contributed by atoms with E-state index in [-0.39, 0.29) is 13.0 Å². The first-order valence-corrected chi connectivity index (χ1v) is 2.52. The van der Waals surface area contributed by atoms with Crippen molar-refractivity contribution >= 4 is 6.03 Å². The van der Waals surface area contributed by atoms with Gasteiger partial charge in [0, 0.05) is 13.0 Å². The molecule has 2 amide bonds. The third-order valence-electron chi connectivity index (χ3n) is 0.702. The van der Waals surface area contributed by atoms with Gasteiger partial charge < -0.3 is 21.3 Å². The highest BCUT2D eigenvalue weighted by Gasteiger charge is 1.96. The molecule has 0 aromatic heterocycles. The molecule has 0 rings (SSSR count). The molecular weight excluding hydrogens is 124 g/mol. The Morgan fingerprint density at radius 1 is 1.67 bits per heavy atom. The van der Waals surface area contributed by atoms with Crippen LogP contribution in [0, 0.1) is 0 Å². The van der Waals surface area contributed by atoms with Crippen molar-refractivity contribution in [3.05, 3.63) is 0 Å². The summed E-state index contributed by atoms with van der Waals surface area (Å²) in [6.07, 6.45) is -1.28. The number of aliphatic hydroxyl groups is 2. The summed E-state index contributed by atoms with van der Waals surface area (Å²) in [6, 6.07) is -0.657. The Labute approximate surface area is 52.5 Å². The van der Waals surface area contributed by atoms with Gasteiger partial charge in [0.2, 0.25) is 0 Å². The first-order chi connectivity index (χ1) is 4.13. The Morgan fingerprint density at radius 3 is 2.56 bits per heavy atom. The fraction of sp³-hybridized carbons (Fsp3) is 0.750. The zero-order valence-electron chi connectivity index (χ0n) is 4.87. The number of aliphatic hydroxyl groups excluding tert-OH is 1. The highest BCUT2D eigenvalue weighted by atomic mass is 16.5. The van der Waals surface area contributed by atoms with Crippen LogP contribution in [0.15, 0.2) is 0 Å². The molecular formula is C4H10N2O3. The maximum absolute atomic E-state index is 9.93. The average molecular weight is 134 g/mol. The van der Waals surface area contributed by atoms with Gasteiger partial charge in [0.15, 0.2) is 6.29 Å². The molecule has 9 heavy (non-hydrogen) atoms. The molecule has 5 N–H and O–H groups in total. The highest BCUT2D eigenvalue weighted by Crippen LogP contribution is 1.80. The summed E-state index contributed by atoms with van der Waals surface area (Å²) in [5.74, 6) is 0. The second-order valence-electron chi connectivity index (χ2n) is 1.56. The van der Waals surface area contributed by atoms with E-state index in [1.807, 2.05) is 0 Å². The van der Waals surface area contributed by atoms with Crippen LogP contribution >= 0.6 is 0 Å². The van der Waals surface area contributed by atoms with Gasteiger partial charge in [-0.1, -0.05) is 0 Å². The molecule has 0 heterocycles. The molecule has 5 heteroatoms. The lowest BCUT2D eigenvalue weighted by Crippen LogP contribution is -2.31. The van der Waals surface area contributed by atoms with Gasteiger partial charge in [-0.25, -0.2) is 4.79 Å². The van der Waals surface area contributed by atoms with Crippen LogP contribution in [0.4, 0.5) is 4.79 Å². The monoisotopic (exact) mass is 134 g/mol. The number of rotatable bonds is 3. The molecule has 0 saturated heterocycles. The van der Waals surface area contributed by atoms with Crippen molar-refractivity contribution < 1.29 is 15.0 Å². The summed E-state index contributed by atoms with van der Waals surface area (Å²) in [5.41, 5.74) is 4.67.